The molecule has 2 N–H and O–H groups in total. The van der Waals surface area contributed by atoms with Gasteiger partial charge in [0.1, 0.15) is 6.04 Å². The van der Waals surface area contributed by atoms with Gasteiger partial charge in [0.05, 0.1) is 17.5 Å². The van der Waals surface area contributed by atoms with Crippen molar-refractivity contribution in [3.8, 4) is 0 Å². The van der Waals surface area contributed by atoms with Crippen LogP contribution in [0.15, 0.2) is 23.0 Å². The average Bonchev–Trinajstić information content (AvgIpc) is 2.71. The second-order valence-electron chi connectivity index (χ2n) is 5.57. The molecule has 1 aromatic heterocycles. The number of hydrogen-bond acceptors (Lipinski definition) is 4. The van der Waals surface area contributed by atoms with E-state index < -0.39 is 17.9 Å². The van der Waals surface area contributed by atoms with Gasteiger partial charge in [-0.2, -0.15) is 0 Å². The van der Waals surface area contributed by atoms with Gasteiger partial charge in [0.2, 0.25) is 11.8 Å². The molecule has 1 fully saturated rings. The number of imide groups is 1. The molecule has 8 nitrogen and oxygen atoms in total. The van der Waals surface area contributed by atoms with Crippen LogP contribution < -0.4 is 11.0 Å². The van der Waals surface area contributed by atoms with Gasteiger partial charge in [0.15, 0.2) is 0 Å². The molecule has 2 heterocycles. The highest BCUT2D eigenvalue weighted by Crippen LogP contribution is 2.23. The number of carbonyl (C=O) groups excluding carboxylic acids is 2. The van der Waals surface area contributed by atoms with Crippen LogP contribution in [0.25, 0.3) is 11.0 Å². The van der Waals surface area contributed by atoms with Gasteiger partial charge in [-0.3, -0.25) is 28.8 Å². The minimum atomic E-state index is -0.959. The summed E-state index contributed by atoms with van der Waals surface area (Å²) < 4.78 is 2.74. The smallest absolute Gasteiger partial charge is 0.329 e. The predicted molar refractivity (Wildman–Crippen MR) is 79.9 cm³/mol. The van der Waals surface area contributed by atoms with E-state index in [2.05, 4.69) is 5.32 Å². The Balaban J connectivity index is 2.13. The third-order valence-electron chi connectivity index (χ3n) is 4.03. The molecule has 1 atom stereocenters. The second kappa shape index (κ2) is 5.38. The number of piperidine rings is 1. The number of carboxylic acid groups (broad SMARTS) is 1. The fraction of sp³-hybridized carbons (Fsp3) is 0.333. The van der Waals surface area contributed by atoms with Crippen LogP contribution in [0, 0.1) is 0 Å². The molecule has 120 valence electrons. The van der Waals surface area contributed by atoms with Crippen molar-refractivity contribution in [2.75, 3.05) is 0 Å². The largest absolute Gasteiger partial charge is 0.481 e. The number of imidazole rings is 1. The summed E-state index contributed by atoms with van der Waals surface area (Å²) in [6.07, 6.45) is 0.296. The van der Waals surface area contributed by atoms with Crippen LogP contribution in [0.5, 0.6) is 0 Å². The Labute approximate surface area is 130 Å². The molecule has 0 bridgehead atoms. The minimum absolute atomic E-state index is 0.145. The lowest BCUT2D eigenvalue weighted by Crippen LogP contribution is -2.44. The van der Waals surface area contributed by atoms with Crippen LogP contribution in [0.2, 0.25) is 0 Å². The van der Waals surface area contributed by atoms with Crippen molar-refractivity contribution >= 4 is 28.8 Å². The van der Waals surface area contributed by atoms with E-state index in [9.17, 15) is 19.2 Å². The van der Waals surface area contributed by atoms with E-state index in [1.54, 1.807) is 25.2 Å². The van der Waals surface area contributed by atoms with Gasteiger partial charge in [-0.05, 0) is 24.1 Å². The second-order valence-corrected chi connectivity index (χ2v) is 5.57. The minimum Gasteiger partial charge on any atom is -0.481 e. The van der Waals surface area contributed by atoms with Gasteiger partial charge < -0.3 is 5.11 Å². The fourth-order valence-corrected chi connectivity index (χ4v) is 2.92. The molecule has 2 aromatic rings. The highest BCUT2D eigenvalue weighted by molar-refractivity contribution is 6.00. The van der Waals surface area contributed by atoms with Crippen LogP contribution in [0.3, 0.4) is 0 Å². The maximum Gasteiger partial charge on any atom is 0.329 e. The zero-order valence-electron chi connectivity index (χ0n) is 12.4. The summed E-state index contributed by atoms with van der Waals surface area (Å²) >= 11 is 0. The van der Waals surface area contributed by atoms with Crippen LogP contribution in [-0.4, -0.2) is 32.0 Å². The Morgan fingerprint density at radius 1 is 1.30 bits per heavy atom. The molecule has 8 heteroatoms. The summed E-state index contributed by atoms with van der Waals surface area (Å²) in [7, 11) is 1.57. The van der Waals surface area contributed by atoms with Crippen molar-refractivity contribution in [2.45, 2.75) is 25.3 Å². The fourth-order valence-electron chi connectivity index (χ4n) is 2.92. The van der Waals surface area contributed by atoms with Crippen molar-refractivity contribution in [3.05, 3.63) is 34.2 Å². The quantitative estimate of drug-likeness (QED) is 0.771. The van der Waals surface area contributed by atoms with Gasteiger partial charge in [0, 0.05) is 13.5 Å². The third kappa shape index (κ3) is 2.52. The first kappa shape index (κ1) is 15.0. The molecule has 23 heavy (non-hydrogen) atoms. The van der Waals surface area contributed by atoms with Gasteiger partial charge in [-0.15, -0.1) is 0 Å². The van der Waals surface area contributed by atoms with Gasteiger partial charge in [-0.1, -0.05) is 6.07 Å². The van der Waals surface area contributed by atoms with Crippen molar-refractivity contribution < 1.29 is 19.5 Å². The molecular formula is C15H15N3O5. The Morgan fingerprint density at radius 2 is 2.04 bits per heavy atom. The molecule has 1 saturated heterocycles. The van der Waals surface area contributed by atoms with Gasteiger partial charge in [-0.25, -0.2) is 4.79 Å². The number of carbonyl (C=O) groups is 3. The van der Waals surface area contributed by atoms with Crippen molar-refractivity contribution in [2.24, 2.45) is 7.05 Å². The highest BCUT2D eigenvalue weighted by atomic mass is 16.4. The SMILES string of the molecule is Cn1c(=O)n(C2CCC(=O)NC2=O)c2ccc(CC(=O)O)cc21. The van der Waals surface area contributed by atoms with E-state index in [0.717, 1.165) is 0 Å². The summed E-state index contributed by atoms with van der Waals surface area (Å²) in [5, 5.41) is 11.1. The van der Waals surface area contributed by atoms with Crippen molar-refractivity contribution in [3.63, 3.8) is 0 Å². The van der Waals surface area contributed by atoms with Crippen LogP contribution >= 0.6 is 0 Å². The van der Waals surface area contributed by atoms with E-state index in [0.29, 0.717) is 16.6 Å². The average molecular weight is 317 g/mol. The summed E-state index contributed by atoms with van der Waals surface area (Å²) in [6.45, 7) is 0. The number of aromatic nitrogens is 2. The zero-order chi connectivity index (χ0) is 16.7. The van der Waals surface area contributed by atoms with Gasteiger partial charge >= 0.3 is 11.7 Å². The van der Waals surface area contributed by atoms with Crippen molar-refractivity contribution in [1.82, 2.24) is 14.5 Å². The number of fused-ring (bicyclic) bond motifs is 1. The molecule has 0 radical (unpaired) electrons. The van der Waals surface area contributed by atoms with E-state index in [4.69, 9.17) is 5.11 Å². The number of aryl methyl sites for hydroxylation is 1. The molecule has 0 aliphatic carbocycles. The van der Waals surface area contributed by atoms with Crippen molar-refractivity contribution in [1.29, 1.82) is 0 Å². The Hall–Kier alpha value is -2.90. The normalized spacial score (nSPS) is 18.2. The molecule has 0 spiro atoms. The molecule has 1 aromatic carbocycles. The monoisotopic (exact) mass is 317 g/mol. The van der Waals surface area contributed by atoms with Crippen LogP contribution in [-0.2, 0) is 27.9 Å². The van der Waals surface area contributed by atoms with Crippen LogP contribution in [0.4, 0.5) is 0 Å². The number of aliphatic carboxylic acids is 1. The maximum atomic E-state index is 12.5. The number of hydrogen-bond donors (Lipinski definition) is 2. The predicted octanol–water partition coefficient (Wildman–Crippen LogP) is -0.0552. The van der Waals surface area contributed by atoms with E-state index in [-0.39, 0.29) is 30.9 Å². The van der Waals surface area contributed by atoms with E-state index in [1.807, 2.05) is 0 Å². The Morgan fingerprint density at radius 3 is 2.70 bits per heavy atom. The van der Waals surface area contributed by atoms with Gasteiger partial charge in [0.25, 0.3) is 0 Å². The Bertz CT molecular complexity index is 892. The molecule has 3 rings (SSSR count). The highest BCUT2D eigenvalue weighted by Gasteiger charge is 2.31. The summed E-state index contributed by atoms with van der Waals surface area (Å²) in [5.74, 6) is -1.80. The topological polar surface area (TPSA) is 110 Å². The summed E-state index contributed by atoms with van der Waals surface area (Å²) in [5.41, 5.74) is 1.29. The summed E-state index contributed by atoms with van der Waals surface area (Å²) in [4.78, 5) is 46.6. The first-order valence-corrected chi connectivity index (χ1v) is 7.14. The number of nitrogens with zero attached hydrogens (tertiary/aromatic N) is 2. The lowest BCUT2D eigenvalue weighted by molar-refractivity contribution is -0.137. The lowest BCUT2D eigenvalue weighted by Gasteiger charge is -2.21. The first-order valence-electron chi connectivity index (χ1n) is 7.14. The molecule has 0 saturated carbocycles. The first-order chi connectivity index (χ1) is 10.9. The van der Waals surface area contributed by atoms with Crippen LogP contribution in [0.1, 0.15) is 24.4 Å². The molecule has 1 aliphatic rings. The number of nitrogens with one attached hydrogen (secondary N) is 1. The Kier molecular flexibility index (Phi) is 3.51. The number of rotatable bonds is 3. The van der Waals surface area contributed by atoms with E-state index >= 15 is 0 Å². The standard InChI is InChI=1S/C15H15N3O5/c1-17-11-6-8(7-13(20)21)2-3-9(11)18(15(17)23)10-4-5-12(19)16-14(10)22/h2-3,6,10H,4-5,7H2,1H3,(H,20,21)(H,16,19,22). The third-order valence-corrected chi connectivity index (χ3v) is 4.03. The maximum absolute atomic E-state index is 12.5. The molecule has 2 amide bonds. The lowest BCUT2D eigenvalue weighted by atomic mass is 10.1. The summed E-state index contributed by atoms with van der Waals surface area (Å²) in [6, 6.07) is 4.15. The molecular weight excluding hydrogens is 302 g/mol. The number of carboxylic acids is 1. The zero-order valence-corrected chi connectivity index (χ0v) is 12.4. The number of amides is 2. The molecule has 1 aliphatic heterocycles. The van der Waals surface area contributed by atoms with E-state index in [1.165, 1.54) is 9.13 Å². The molecule has 1 unspecified atom stereocenters. The number of benzene rings is 1.